The molecule has 0 fully saturated rings. The first kappa shape index (κ1) is 17.0. The number of carbonyl (C=O) groups excluding carboxylic acids is 2. The molecule has 7 nitrogen and oxygen atoms in total. The summed E-state index contributed by atoms with van der Waals surface area (Å²) in [6, 6.07) is 0. The third kappa shape index (κ3) is 4.77. The topological polar surface area (TPSA) is 93.2 Å². The highest BCUT2D eigenvalue weighted by atomic mass is 16.2. The summed E-state index contributed by atoms with van der Waals surface area (Å²) in [5, 5.41) is 7.00. The van der Waals surface area contributed by atoms with Crippen LogP contribution in [0.5, 0.6) is 0 Å². The van der Waals surface area contributed by atoms with Crippen molar-refractivity contribution in [3.8, 4) is 0 Å². The van der Waals surface area contributed by atoms with E-state index >= 15 is 0 Å². The number of rotatable bonds is 6. The second-order valence-corrected chi connectivity index (χ2v) is 5.69. The van der Waals surface area contributed by atoms with Crippen molar-refractivity contribution in [2.75, 3.05) is 25.9 Å². The molecule has 0 radical (unpaired) electrons. The molecule has 1 heterocycles. The van der Waals surface area contributed by atoms with Crippen molar-refractivity contribution in [3.63, 3.8) is 0 Å². The lowest BCUT2D eigenvalue weighted by molar-refractivity contribution is -0.135. The quantitative estimate of drug-likeness (QED) is 0.790. The number of nitrogens with one attached hydrogen (secondary N) is 1. The Morgan fingerprint density at radius 1 is 1.38 bits per heavy atom. The molecule has 0 bridgehead atoms. The number of anilines is 1. The molecule has 0 saturated heterocycles. The van der Waals surface area contributed by atoms with Crippen LogP contribution < -0.4 is 11.1 Å². The van der Waals surface area contributed by atoms with Gasteiger partial charge < -0.3 is 16.0 Å². The van der Waals surface area contributed by atoms with Crippen molar-refractivity contribution >= 4 is 17.5 Å². The van der Waals surface area contributed by atoms with Crippen molar-refractivity contribution in [1.29, 1.82) is 0 Å². The molecule has 0 aliphatic heterocycles. The van der Waals surface area contributed by atoms with Crippen LogP contribution in [-0.2, 0) is 16.1 Å². The predicted molar refractivity (Wildman–Crippen MR) is 81.6 cm³/mol. The maximum atomic E-state index is 12.1. The van der Waals surface area contributed by atoms with Crippen LogP contribution in [0.4, 0.5) is 5.69 Å². The summed E-state index contributed by atoms with van der Waals surface area (Å²) in [5.74, 6) is 0.0420. The van der Waals surface area contributed by atoms with Crippen LogP contribution in [0.1, 0.15) is 25.2 Å². The van der Waals surface area contributed by atoms with E-state index < -0.39 is 0 Å². The summed E-state index contributed by atoms with van der Waals surface area (Å²) in [5.41, 5.74) is 7.90. The van der Waals surface area contributed by atoms with Crippen LogP contribution in [0.15, 0.2) is 0 Å². The van der Waals surface area contributed by atoms with E-state index in [2.05, 4.69) is 10.4 Å². The van der Waals surface area contributed by atoms with Crippen LogP contribution in [0.2, 0.25) is 0 Å². The van der Waals surface area contributed by atoms with Gasteiger partial charge >= 0.3 is 0 Å². The Morgan fingerprint density at radius 3 is 2.48 bits per heavy atom. The van der Waals surface area contributed by atoms with Crippen molar-refractivity contribution in [2.24, 2.45) is 5.92 Å². The molecular weight excluding hydrogens is 270 g/mol. The number of aryl methyl sites for hydroxylation is 1. The molecule has 1 rings (SSSR count). The minimum Gasteiger partial charge on any atom is -0.396 e. The Kier molecular flexibility index (Phi) is 5.75. The highest BCUT2D eigenvalue weighted by Gasteiger charge is 2.16. The average molecular weight is 295 g/mol. The molecule has 7 heteroatoms. The smallest absolute Gasteiger partial charge is 0.244 e. The second kappa shape index (κ2) is 7.10. The molecule has 0 aliphatic rings. The van der Waals surface area contributed by atoms with Gasteiger partial charge in [0.25, 0.3) is 0 Å². The molecule has 0 aromatic carbocycles. The fraction of sp³-hybridized carbons (Fsp3) is 0.643. The molecule has 2 amide bonds. The molecule has 1 aromatic rings. The standard InChI is InChI=1S/C14H25N5O2/c1-9(2)6-16-12(20)7-18(5)13(21)8-19-11(4)14(15)10(3)17-19/h9H,6-8,15H2,1-5H3,(H,16,20). The SMILES string of the molecule is Cc1nn(CC(=O)N(C)CC(=O)NCC(C)C)c(C)c1N. The van der Waals surface area contributed by atoms with Crippen LogP contribution >= 0.6 is 0 Å². The van der Waals surface area contributed by atoms with E-state index in [1.54, 1.807) is 18.7 Å². The monoisotopic (exact) mass is 295 g/mol. The summed E-state index contributed by atoms with van der Waals surface area (Å²) < 4.78 is 1.57. The number of amides is 2. The number of aromatic nitrogens is 2. The van der Waals surface area contributed by atoms with Gasteiger partial charge in [-0.2, -0.15) is 5.10 Å². The molecule has 3 N–H and O–H groups in total. The third-order valence-electron chi connectivity index (χ3n) is 3.24. The maximum Gasteiger partial charge on any atom is 0.244 e. The van der Waals surface area contributed by atoms with Gasteiger partial charge in [-0.3, -0.25) is 14.3 Å². The lowest BCUT2D eigenvalue weighted by atomic mass is 10.2. The molecular formula is C14H25N5O2. The number of carbonyl (C=O) groups is 2. The summed E-state index contributed by atoms with van der Waals surface area (Å²) in [6.45, 7) is 8.38. The molecule has 0 saturated carbocycles. The van der Waals surface area contributed by atoms with Crippen molar-refractivity contribution in [3.05, 3.63) is 11.4 Å². The second-order valence-electron chi connectivity index (χ2n) is 5.69. The van der Waals surface area contributed by atoms with Crippen LogP contribution in [-0.4, -0.2) is 46.6 Å². The normalized spacial score (nSPS) is 10.8. The first-order valence-electron chi connectivity index (χ1n) is 7.02. The van der Waals surface area contributed by atoms with E-state index in [-0.39, 0.29) is 24.9 Å². The van der Waals surface area contributed by atoms with Gasteiger partial charge in [0.05, 0.1) is 23.6 Å². The molecule has 0 spiro atoms. The van der Waals surface area contributed by atoms with E-state index in [1.165, 1.54) is 4.90 Å². The van der Waals surface area contributed by atoms with E-state index in [4.69, 9.17) is 5.73 Å². The summed E-state index contributed by atoms with van der Waals surface area (Å²) in [4.78, 5) is 25.2. The number of nitrogens with two attached hydrogens (primary N) is 1. The highest BCUT2D eigenvalue weighted by Crippen LogP contribution is 2.14. The van der Waals surface area contributed by atoms with Crippen LogP contribution in [0, 0.1) is 19.8 Å². The molecule has 0 atom stereocenters. The fourth-order valence-corrected chi connectivity index (χ4v) is 1.79. The van der Waals surface area contributed by atoms with Crippen molar-refractivity contribution in [2.45, 2.75) is 34.2 Å². The fourth-order valence-electron chi connectivity index (χ4n) is 1.79. The Hall–Kier alpha value is -2.05. The lowest BCUT2D eigenvalue weighted by Crippen LogP contribution is -2.40. The van der Waals surface area contributed by atoms with E-state index in [0.717, 1.165) is 5.69 Å². The minimum atomic E-state index is -0.180. The number of nitrogen functional groups attached to an aromatic ring is 1. The van der Waals surface area contributed by atoms with Gasteiger partial charge in [-0.25, -0.2) is 0 Å². The van der Waals surface area contributed by atoms with Gasteiger partial charge in [-0.05, 0) is 19.8 Å². The van der Waals surface area contributed by atoms with Gasteiger partial charge in [0, 0.05) is 13.6 Å². The van der Waals surface area contributed by atoms with E-state index in [1.807, 2.05) is 20.8 Å². The summed E-state index contributed by atoms with van der Waals surface area (Å²) in [6.07, 6.45) is 0. The van der Waals surface area contributed by atoms with E-state index in [9.17, 15) is 9.59 Å². The van der Waals surface area contributed by atoms with E-state index in [0.29, 0.717) is 23.8 Å². The van der Waals surface area contributed by atoms with Gasteiger partial charge in [0.2, 0.25) is 11.8 Å². The Labute approximate surface area is 125 Å². The number of hydrogen-bond acceptors (Lipinski definition) is 4. The zero-order valence-corrected chi connectivity index (χ0v) is 13.4. The molecule has 0 aliphatic carbocycles. The maximum absolute atomic E-state index is 12.1. The highest BCUT2D eigenvalue weighted by molar-refractivity contribution is 5.84. The largest absolute Gasteiger partial charge is 0.396 e. The Balaban J connectivity index is 2.55. The van der Waals surface area contributed by atoms with Gasteiger partial charge in [-0.1, -0.05) is 13.8 Å². The zero-order chi connectivity index (χ0) is 16.2. The molecule has 0 unspecified atom stereocenters. The summed E-state index contributed by atoms with van der Waals surface area (Å²) >= 11 is 0. The third-order valence-corrected chi connectivity index (χ3v) is 3.24. The lowest BCUT2D eigenvalue weighted by Gasteiger charge is -2.17. The van der Waals surface area contributed by atoms with Crippen molar-refractivity contribution < 1.29 is 9.59 Å². The zero-order valence-electron chi connectivity index (χ0n) is 13.4. The predicted octanol–water partition coefficient (Wildman–Crippen LogP) is 0.313. The van der Waals surface area contributed by atoms with Gasteiger partial charge in [-0.15, -0.1) is 0 Å². The number of nitrogens with zero attached hydrogens (tertiary/aromatic N) is 3. The molecule has 21 heavy (non-hydrogen) atoms. The Bertz CT molecular complexity index is 522. The van der Waals surface area contributed by atoms with Crippen LogP contribution in [0.3, 0.4) is 0 Å². The average Bonchev–Trinajstić information content (AvgIpc) is 2.64. The number of hydrogen-bond donors (Lipinski definition) is 2. The minimum absolute atomic E-state index is 0.0420. The summed E-state index contributed by atoms with van der Waals surface area (Å²) in [7, 11) is 1.60. The molecule has 118 valence electrons. The Morgan fingerprint density at radius 2 is 2.00 bits per heavy atom. The first-order valence-corrected chi connectivity index (χ1v) is 7.02. The van der Waals surface area contributed by atoms with Crippen LogP contribution in [0.25, 0.3) is 0 Å². The number of likely N-dealkylation sites (N-methyl/N-ethyl adjacent to an activating group) is 1. The van der Waals surface area contributed by atoms with Crippen molar-refractivity contribution in [1.82, 2.24) is 20.0 Å². The van der Waals surface area contributed by atoms with Gasteiger partial charge in [0.1, 0.15) is 6.54 Å². The molecule has 1 aromatic heterocycles. The van der Waals surface area contributed by atoms with Gasteiger partial charge in [0.15, 0.2) is 0 Å². The first-order chi connectivity index (χ1) is 9.72.